The van der Waals surface area contributed by atoms with Crippen LogP contribution in [-0.2, 0) is 4.79 Å². The van der Waals surface area contributed by atoms with Crippen molar-refractivity contribution in [3.05, 3.63) is 35.6 Å². The van der Waals surface area contributed by atoms with E-state index in [0.29, 0.717) is 5.57 Å². The minimum Gasteiger partial charge on any atom is -0.508 e. The zero-order chi connectivity index (χ0) is 12.1. The van der Waals surface area contributed by atoms with Gasteiger partial charge in [-0.15, -0.1) is 0 Å². The molecule has 84 valence electrons. The Hall–Kier alpha value is -1.51. The summed E-state index contributed by atoms with van der Waals surface area (Å²) in [5.74, 6) is -0.837. The summed E-state index contributed by atoms with van der Waals surface area (Å²) in [6.07, 6.45) is 6.50. The molecule has 0 radical (unpaired) electrons. The van der Waals surface area contributed by atoms with Gasteiger partial charge in [-0.3, -0.25) is 4.79 Å². The van der Waals surface area contributed by atoms with Crippen LogP contribution in [0, 0.1) is 5.41 Å². The second kappa shape index (κ2) is 5.39. The lowest BCUT2D eigenvalue weighted by Crippen LogP contribution is -2.21. The van der Waals surface area contributed by atoms with Gasteiger partial charge in [0.2, 0.25) is 0 Å². The maximum Gasteiger partial charge on any atom is 0.312 e. The van der Waals surface area contributed by atoms with Gasteiger partial charge >= 0.3 is 5.97 Å². The molecule has 0 amide bonds. The average molecular weight is 210 g/mol. The number of rotatable bonds is 4. The van der Waals surface area contributed by atoms with Crippen molar-refractivity contribution in [2.75, 3.05) is 0 Å². The van der Waals surface area contributed by atoms with E-state index < -0.39 is 11.4 Å². The first-order chi connectivity index (χ1) is 6.85. The largest absolute Gasteiger partial charge is 0.508 e. The van der Waals surface area contributed by atoms with Gasteiger partial charge in [-0.2, -0.15) is 0 Å². The lowest BCUT2D eigenvalue weighted by Gasteiger charge is -2.15. The molecule has 0 aromatic carbocycles. The quantitative estimate of drug-likeness (QED) is 0.553. The summed E-state index contributed by atoms with van der Waals surface area (Å²) in [6, 6.07) is 0. The summed E-state index contributed by atoms with van der Waals surface area (Å²) in [7, 11) is 0. The molecule has 3 nitrogen and oxygen atoms in total. The van der Waals surface area contributed by atoms with Crippen molar-refractivity contribution in [1.82, 2.24) is 0 Å². The third-order valence-electron chi connectivity index (χ3n) is 1.98. The summed E-state index contributed by atoms with van der Waals surface area (Å²) in [5.41, 5.74) is -0.473. The smallest absolute Gasteiger partial charge is 0.312 e. The second-order valence-electron chi connectivity index (χ2n) is 3.80. The van der Waals surface area contributed by atoms with E-state index in [1.165, 1.54) is 12.2 Å². The van der Waals surface area contributed by atoms with Crippen molar-refractivity contribution in [3.63, 3.8) is 0 Å². The molecule has 0 aliphatic heterocycles. The van der Waals surface area contributed by atoms with Gasteiger partial charge in [-0.05, 0) is 33.8 Å². The summed E-state index contributed by atoms with van der Waals surface area (Å²) < 4.78 is 0. The van der Waals surface area contributed by atoms with Gasteiger partial charge in [0.1, 0.15) is 5.76 Å². The Kier molecular flexibility index (Phi) is 4.85. The normalized spacial score (nSPS) is 14.7. The van der Waals surface area contributed by atoms with Gasteiger partial charge < -0.3 is 10.2 Å². The fraction of sp³-hybridized carbons (Fsp3) is 0.417. The van der Waals surface area contributed by atoms with Crippen molar-refractivity contribution in [1.29, 1.82) is 0 Å². The maximum atomic E-state index is 10.9. The van der Waals surface area contributed by atoms with E-state index in [9.17, 15) is 9.90 Å². The Labute approximate surface area is 90.4 Å². The SMILES string of the molecule is CC=CC(=CC(C)(C)C(=O)O)C(O)=CC. The molecule has 0 saturated heterocycles. The topological polar surface area (TPSA) is 57.5 Å². The summed E-state index contributed by atoms with van der Waals surface area (Å²) in [5, 5.41) is 18.5. The molecule has 15 heavy (non-hydrogen) atoms. The number of allylic oxidation sites excluding steroid dienone is 3. The molecule has 0 aliphatic rings. The van der Waals surface area contributed by atoms with E-state index in [1.54, 1.807) is 32.9 Å². The van der Waals surface area contributed by atoms with Crippen LogP contribution in [0.1, 0.15) is 27.7 Å². The molecule has 0 aromatic heterocycles. The van der Waals surface area contributed by atoms with Crippen LogP contribution in [0.25, 0.3) is 0 Å². The van der Waals surface area contributed by atoms with Crippen molar-refractivity contribution in [2.45, 2.75) is 27.7 Å². The van der Waals surface area contributed by atoms with Crippen molar-refractivity contribution < 1.29 is 15.0 Å². The average Bonchev–Trinajstić information content (AvgIpc) is 2.15. The minimum atomic E-state index is -0.994. The van der Waals surface area contributed by atoms with Crippen LogP contribution < -0.4 is 0 Å². The standard InChI is InChI=1S/C12H18O3/c1-5-7-9(10(13)6-2)8-12(3,4)11(14)15/h5-8,13H,1-4H3,(H,14,15). The predicted octanol–water partition coefficient (Wildman–Crippen LogP) is 3.06. The third kappa shape index (κ3) is 4.02. The first-order valence-electron chi connectivity index (χ1n) is 4.79. The number of aliphatic hydroxyl groups excluding tert-OH is 1. The molecule has 0 heterocycles. The first kappa shape index (κ1) is 13.5. The van der Waals surface area contributed by atoms with E-state index in [4.69, 9.17) is 5.11 Å². The van der Waals surface area contributed by atoms with Crippen LogP contribution in [0.2, 0.25) is 0 Å². The number of hydrogen-bond acceptors (Lipinski definition) is 2. The minimum absolute atomic E-state index is 0.0856. The third-order valence-corrected chi connectivity index (χ3v) is 1.98. The number of carbonyl (C=O) groups is 1. The molecule has 0 fully saturated rings. The zero-order valence-corrected chi connectivity index (χ0v) is 9.61. The maximum absolute atomic E-state index is 10.9. The molecule has 2 N–H and O–H groups in total. The van der Waals surface area contributed by atoms with Crippen LogP contribution in [-0.4, -0.2) is 16.2 Å². The molecule has 0 saturated carbocycles. The highest BCUT2D eigenvalue weighted by Gasteiger charge is 2.25. The highest BCUT2D eigenvalue weighted by molar-refractivity contribution is 5.76. The van der Waals surface area contributed by atoms with Crippen LogP contribution in [0.5, 0.6) is 0 Å². The lowest BCUT2D eigenvalue weighted by molar-refractivity contribution is -0.144. The Bertz CT molecular complexity index is 320. The highest BCUT2D eigenvalue weighted by Crippen LogP contribution is 2.22. The molecule has 3 heteroatoms. The summed E-state index contributed by atoms with van der Waals surface area (Å²) in [4.78, 5) is 10.9. The van der Waals surface area contributed by atoms with Gasteiger partial charge in [-0.25, -0.2) is 0 Å². The number of carboxylic acids is 1. The highest BCUT2D eigenvalue weighted by atomic mass is 16.4. The Morgan fingerprint density at radius 3 is 2.07 bits per heavy atom. The van der Waals surface area contributed by atoms with Gasteiger partial charge in [0.15, 0.2) is 0 Å². The van der Waals surface area contributed by atoms with Crippen molar-refractivity contribution >= 4 is 5.97 Å². The van der Waals surface area contributed by atoms with E-state index in [1.807, 2.05) is 6.92 Å². The first-order valence-corrected chi connectivity index (χ1v) is 4.79. The number of aliphatic carboxylic acids is 1. The Morgan fingerprint density at radius 1 is 1.20 bits per heavy atom. The molecule has 0 aromatic rings. The number of hydrogen-bond donors (Lipinski definition) is 2. The molecule has 0 rings (SSSR count). The fourth-order valence-electron chi connectivity index (χ4n) is 1.00. The lowest BCUT2D eigenvalue weighted by atomic mass is 9.90. The molecular weight excluding hydrogens is 192 g/mol. The molecule has 0 aliphatic carbocycles. The Balaban J connectivity index is 5.26. The molecular formula is C12H18O3. The van der Waals surface area contributed by atoms with E-state index in [0.717, 1.165) is 0 Å². The van der Waals surface area contributed by atoms with Crippen LogP contribution in [0.15, 0.2) is 35.6 Å². The zero-order valence-electron chi connectivity index (χ0n) is 9.61. The van der Waals surface area contributed by atoms with E-state index >= 15 is 0 Å². The Morgan fingerprint density at radius 2 is 1.73 bits per heavy atom. The van der Waals surface area contributed by atoms with Crippen LogP contribution >= 0.6 is 0 Å². The monoisotopic (exact) mass is 210 g/mol. The number of carboxylic acid groups (broad SMARTS) is 1. The van der Waals surface area contributed by atoms with Crippen molar-refractivity contribution in [2.24, 2.45) is 5.41 Å². The molecule has 0 spiro atoms. The van der Waals surface area contributed by atoms with Gasteiger partial charge in [-0.1, -0.05) is 18.2 Å². The van der Waals surface area contributed by atoms with E-state index in [2.05, 4.69) is 0 Å². The van der Waals surface area contributed by atoms with Gasteiger partial charge in [0, 0.05) is 5.57 Å². The van der Waals surface area contributed by atoms with Crippen molar-refractivity contribution in [3.8, 4) is 0 Å². The molecule has 0 bridgehead atoms. The van der Waals surface area contributed by atoms with Crippen LogP contribution in [0.3, 0.4) is 0 Å². The fourth-order valence-corrected chi connectivity index (χ4v) is 1.00. The van der Waals surface area contributed by atoms with Gasteiger partial charge in [0.25, 0.3) is 0 Å². The second-order valence-corrected chi connectivity index (χ2v) is 3.80. The predicted molar refractivity (Wildman–Crippen MR) is 60.7 cm³/mol. The number of aliphatic hydroxyl groups is 1. The van der Waals surface area contributed by atoms with E-state index in [-0.39, 0.29) is 5.76 Å². The van der Waals surface area contributed by atoms with Gasteiger partial charge in [0.05, 0.1) is 5.41 Å². The van der Waals surface area contributed by atoms with Crippen LogP contribution in [0.4, 0.5) is 0 Å². The molecule has 0 atom stereocenters. The summed E-state index contributed by atoms with van der Waals surface area (Å²) in [6.45, 7) is 6.68. The molecule has 0 unspecified atom stereocenters. The summed E-state index contributed by atoms with van der Waals surface area (Å²) >= 11 is 0.